The minimum atomic E-state index is -0.647. The van der Waals surface area contributed by atoms with Crippen LogP contribution in [0.5, 0.6) is 11.5 Å². The minimum Gasteiger partial charge on any atom is -0.507 e. The van der Waals surface area contributed by atoms with Crippen LogP contribution >= 0.6 is 15.9 Å². The zero-order valence-corrected chi connectivity index (χ0v) is 18.7. The van der Waals surface area contributed by atoms with Gasteiger partial charge in [-0.1, -0.05) is 21.1 Å². The molecule has 13 heteroatoms. The van der Waals surface area contributed by atoms with Crippen LogP contribution in [0.4, 0.5) is 5.82 Å². The molecule has 2 aromatic heterocycles. The normalized spacial score (nSPS) is 11.1. The number of amides is 1. The number of anilines is 1. The third kappa shape index (κ3) is 4.67. The fourth-order valence-electron chi connectivity index (χ4n) is 2.90. The molecule has 0 bridgehead atoms. The molecule has 0 aliphatic rings. The van der Waals surface area contributed by atoms with Gasteiger partial charge in [-0.15, -0.1) is 5.10 Å². The zero-order chi connectivity index (χ0) is 23.4. The van der Waals surface area contributed by atoms with Gasteiger partial charge >= 0.3 is 0 Å². The summed E-state index contributed by atoms with van der Waals surface area (Å²) in [5, 5.41) is 29.1. The topological polar surface area (TPSA) is 167 Å². The van der Waals surface area contributed by atoms with Gasteiger partial charge in [-0.25, -0.2) is 10.1 Å². The van der Waals surface area contributed by atoms with Gasteiger partial charge in [0.2, 0.25) is 11.6 Å². The van der Waals surface area contributed by atoms with Crippen LogP contribution in [0.2, 0.25) is 0 Å². The number of ether oxygens (including phenoxy) is 1. The van der Waals surface area contributed by atoms with E-state index in [4.69, 9.17) is 10.5 Å². The summed E-state index contributed by atoms with van der Waals surface area (Å²) < 4.78 is 12.1. The highest BCUT2D eigenvalue weighted by molar-refractivity contribution is 9.10. The van der Waals surface area contributed by atoms with E-state index in [2.05, 4.69) is 51.7 Å². The average Bonchev–Trinajstić information content (AvgIpc) is 3.43. The molecule has 0 spiro atoms. The van der Waals surface area contributed by atoms with Crippen molar-refractivity contribution >= 4 is 33.9 Å². The van der Waals surface area contributed by atoms with Crippen LogP contribution < -0.4 is 15.9 Å². The number of nitrogens with one attached hydrogen (secondary N) is 1. The largest absolute Gasteiger partial charge is 0.507 e. The Labute approximate surface area is 195 Å². The molecule has 0 radical (unpaired) electrons. The van der Waals surface area contributed by atoms with Crippen LogP contribution in [0.15, 0.2) is 56.7 Å². The molecule has 0 saturated carbocycles. The van der Waals surface area contributed by atoms with Crippen molar-refractivity contribution in [3.8, 4) is 28.6 Å². The van der Waals surface area contributed by atoms with Gasteiger partial charge in [0.15, 0.2) is 5.69 Å². The molecule has 2 aromatic carbocycles. The third-order valence-electron chi connectivity index (χ3n) is 4.38. The van der Waals surface area contributed by atoms with Crippen LogP contribution in [-0.4, -0.2) is 49.1 Å². The number of phenols is 1. The zero-order valence-electron chi connectivity index (χ0n) is 17.1. The highest BCUT2D eigenvalue weighted by atomic mass is 79.9. The number of nitrogens with two attached hydrogens (primary N) is 1. The van der Waals surface area contributed by atoms with E-state index in [0.29, 0.717) is 29.2 Å². The predicted molar refractivity (Wildman–Crippen MR) is 121 cm³/mol. The van der Waals surface area contributed by atoms with Gasteiger partial charge in [-0.3, -0.25) is 4.79 Å². The van der Waals surface area contributed by atoms with E-state index in [-0.39, 0.29) is 23.1 Å². The number of nitrogen functional groups attached to an aromatic ring is 1. The Morgan fingerprint density at radius 1 is 1.30 bits per heavy atom. The molecule has 2 heterocycles. The second-order valence-electron chi connectivity index (χ2n) is 6.53. The third-order valence-corrected chi connectivity index (χ3v) is 4.87. The van der Waals surface area contributed by atoms with Crippen LogP contribution in [-0.2, 0) is 0 Å². The molecule has 12 nitrogen and oxygen atoms in total. The molecule has 0 aliphatic heterocycles. The van der Waals surface area contributed by atoms with Gasteiger partial charge in [0.25, 0.3) is 5.91 Å². The summed E-state index contributed by atoms with van der Waals surface area (Å²) in [7, 11) is 0. The van der Waals surface area contributed by atoms with Crippen molar-refractivity contribution in [1.29, 1.82) is 0 Å². The number of hydrogen-bond donors (Lipinski definition) is 3. The van der Waals surface area contributed by atoms with Gasteiger partial charge in [-0.2, -0.15) is 9.78 Å². The van der Waals surface area contributed by atoms with Crippen molar-refractivity contribution in [2.75, 3.05) is 12.3 Å². The number of hydrogen-bond acceptors (Lipinski definition) is 10. The Balaban J connectivity index is 1.68. The number of carbonyl (C=O) groups excluding carboxylic acids is 1. The summed E-state index contributed by atoms with van der Waals surface area (Å²) in [6, 6.07) is 11.8. The predicted octanol–water partition coefficient (Wildman–Crippen LogP) is 2.53. The Morgan fingerprint density at radius 3 is 2.79 bits per heavy atom. The molecule has 0 saturated heterocycles. The lowest BCUT2D eigenvalue weighted by Crippen LogP contribution is -2.19. The van der Waals surface area contributed by atoms with Gasteiger partial charge in [0.05, 0.1) is 12.8 Å². The summed E-state index contributed by atoms with van der Waals surface area (Å²) in [4.78, 5) is 12.9. The van der Waals surface area contributed by atoms with Gasteiger partial charge in [0, 0.05) is 15.6 Å². The molecular formula is C20H17BrN8O4. The number of halogens is 1. The van der Waals surface area contributed by atoms with E-state index in [9.17, 15) is 9.90 Å². The lowest BCUT2D eigenvalue weighted by atomic mass is 10.1. The quantitative estimate of drug-likeness (QED) is 0.249. The first-order valence-electron chi connectivity index (χ1n) is 9.57. The van der Waals surface area contributed by atoms with Gasteiger partial charge < -0.3 is 15.6 Å². The lowest BCUT2D eigenvalue weighted by molar-refractivity contribution is 0.0950. The Hall–Kier alpha value is -4.26. The maximum atomic E-state index is 12.9. The van der Waals surface area contributed by atoms with Crippen LogP contribution in [0.1, 0.15) is 23.0 Å². The Bertz CT molecular complexity index is 1320. The number of carbonyl (C=O) groups is 1. The molecule has 1 amide bonds. The molecule has 33 heavy (non-hydrogen) atoms. The Morgan fingerprint density at radius 2 is 2.09 bits per heavy atom. The van der Waals surface area contributed by atoms with Crippen molar-refractivity contribution in [3.05, 3.63) is 58.2 Å². The molecule has 0 unspecified atom stereocenters. The maximum absolute atomic E-state index is 12.9. The van der Waals surface area contributed by atoms with Crippen LogP contribution in [0.3, 0.4) is 0 Å². The van der Waals surface area contributed by atoms with Crippen molar-refractivity contribution in [3.63, 3.8) is 0 Å². The summed E-state index contributed by atoms with van der Waals surface area (Å²) in [6.45, 7) is 2.39. The number of aromatic nitrogens is 5. The van der Waals surface area contributed by atoms with Crippen molar-refractivity contribution < 1.29 is 19.3 Å². The molecule has 0 atom stereocenters. The minimum absolute atomic E-state index is 0.00577. The second kappa shape index (κ2) is 9.48. The number of hydrazone groups is 1. The van der Waals surface area contributed by atoms with Crippen molar-refractivity contribution in [1.82, 2.24) is 30.7 Å². The van der Waals surface area contributed by atoms with Crippen molar-refractivity contribution in [2.24, 2.45) is 5.10 Å². The average molecular weight is 513 g/mol. The highest BCUT2D eigenvalue weighted by Crippen LogP contribution is 2.28. The van der Waals surface area contributed by atoms with Crippen LogP contribution in [0, 0.1) is 0 Å². The number of benzene rings is 2. The second-order valence-corrected chi connectivity index (χ2v) is 7.45. The van der Waals surface area contributed by atoms with Crippen LogP contribution in [0.25, 0.3) is 17.1 Å². The smallest absolute Gasteiger partial charge is 0.294 e. The highest BCUT2D eigenvalue weighted by Gasteiger charge is 2.25. The van der Waals surface area contributed by atoms with E-state index in [1.165, 1.54) is 17.0 Å². The lowest BCUT2D eigenvalue weighted by Gasteiger charge is -2.07. The van der Waals surface area contributed by atoms with Gasteiger partial charge in [-0.05, 0) is 59.7 Å². The van der Waals surface area contributed by atoms with E-state index in [0.717, 1.165) is 4.47 Å². The fourth-order valence-corrected chi connectivity index (χ4v) is 3.28. The van der Waals surface area contributed by atoms with E-state index < -0.39 is 5.91 Å². The summed E-state index contributed by atoms with van der Waals surface area (Å²) >= 11 is 3.31. The van der Waals surface area contributed by atoms with E-state index in [1.807, 2.05) is 6.92 Å². The Kier molecular flexibility index (Phi) is 6.31. The first-order chi connectivity index (χ1) is 16.0. The summed E-state index contributed by atoms with van der Waals surface area (Å²) in [5.74, 6) is 0.0691. The maximum Gasteiger partial charge on any atom is 0.294 e. The van der Waals surface area contributed by atoms with Gasteiger partial charge in [0.1, 0.15) is 17.2 Å². The molecule has 0 aliphatic carbocycles. The number of phenolic OH excluding ortho intramolecular Hbond substituents is 1. The SMILES string of the molecule is CCOc1ccc(-c2c(C(=O)NN=Cc3cc(Br)ccc3O)nnn2-c2nonc2N)cc1. The summed E-state index contributed by atoms with van der Waals surface area (Å²) in [6.07, 6.45) is 1.30. The summed E-state index contributed by atoms with van der Waals surface area (Å²) in [5.41, 5.74) is 9.43. The molecule has 4 rings (SSSR count). The molecule has 0 fully saturated rings. The number of aromatic hydroxyl groups is 1. The molecule has 4 N–H and O–H groups in total. The monoisotopic (exact) mass is 512 g/mol. The van der Waals surface area contributed by atoms with Crippen molar-refractivity contribution in [2.45, 2.75) is 6.92 Å². The first-order valence-corrected chi connectivity index (χ1v) is 10.4. The molecule has 4 aromatic rings. The fraction of sp³-hybridized carbons (Fsp3) is 0.100. The van der Waals surface area contributed by atoms with E-state index in [1.54, 1.807) is 36.4 Å². The number of rotatable bonds is 7. The molecule has 168 valence electrons. The standard InChI is InChI=1S/C20H17BrN8O4/c1-2-32-14-6-3-11(4-7-14)17-16(24-28-29(17)19-18(22)26-33-27-19)20(31)25-23-10-12-9-13(21)5-8-15(12)30/h3-10,30H,2H2,1H3,(H2,22,26)(H,25,31). The molecular weight excluding hydrogens is 496 g/mol. The van der Waals surface area contributed by atoms with E-state index >= 15 is 0 Å². The first kappa shape index (κ1) is 22.0. The number of nitrogens with zero attached hydrogens (tertiary/aromatic N) is 6.